The third-order valence-corrected chi connectivity index (χ3v) is 2.90. The van der Waals surface area contributed by atoms with Crippen molar-refractivity contribution in [2.45, 2.75) is 40.0 Å². The van der Waals surface area contributed by atoms with Gasteiger partial charge in [-0.1, -0.05) is 32.6 Å². The largest absolute Gasteiger partial charge is 0.481 e. The molecule has 1 N–H and O–H groups in total. The number of hydrogen-bond donors (Lipinski definition) is 1. The van der Waals surface area contributed by atoms with Crippen LogP contribution in [0, 0.1) is 17.3 Å². The molecule has 0 unspecified atom stereocenters. The van der Waals surface area contributed by atoms with E-state index in [0.717, 1.165) is 12.0 Å². The zero-order valence-corrected chi connectivity index (χ0v) is 13.3. The Hall–Kier alpha value is -2.28. The van der Waals surface area contributed by atoms with Crippen molar-refractivity contribution in [3.8, 4) is 11.8 Å². The van der Waals surface area contributed by atoms with Gasteiger partial charge in [-0.15, -0.1) is 0 Å². The molecule has 1 rings (SSSR count). The van der Waals surface area contributed by atoms with E-state index < -0.39 is 5.97 Å². The highest BCUT2D eigenvalue weighted by Crippen LogP contribution is 2.18. The number of ether oxygens (including phenoxy) is 1. The molecule has 1 aromatic rings. The van der Waals surface area contributed by atoms with Crippen molar-refractivity contribution in [3.05, 3.63) is 35.4 Å². The van der Waals surface area contributed by atoms with Crippen LogP contribution >= 0.6 is 0 Å². The molecule has 0 aliphatic rings. The second kappa shape index (κ2) is 8.23. The molecular weight excluding hydrogens is 280 g/mol. The fraction of sp³-hybridized carbons (Fsp3) is 0.444. The SMILES string of the molecule is CC(C)(C)CCOC(=O)c1ccc(C#CCCC(=O)O)cc1. The second-order valence-corrected chi connectivity index (χ2v) is 6.22. The maximum Gasteiger partial charge on any atom is 0.338 e. The summed E-state index contributed by atoms with van der Waals surface area (Å²) in [5.41, 5.74) is 1.37. The summed E-state index contributed by atoms with van der Waals surface area (Å²) in [6.45, 7) is 6.69. The molecule has 0 amide bonds. The van der Waals surface area contributed by atoms with Gasteiger partial charge in [-0.05, 0) is 36.1 Å². The molecule has 1 aromatic carbocycles. The Morgan fingerprint density at radius 2 is 1.82 bits per heavy atom. The first-order valence-corrected chi connectivity index (χ1v) is 7.26. The van der Waals surface area contributed by atoms with Gasteiger partial charge in [0.05, 0.1) is 18.6 Å². The number of carbonyl (C=O) groups is 2. The molecule has 0 heterocycles. The molecular formula is C18H22O4. The molecule has 0 aromatic heterocycles. The van der Waals surface area contributed by atoms with E-state index in [9.17, 15) is 9.59 Å². The molecule has 0 bridgehead atoms. The quantitative estimate of drug-likeness (QED) is 0.668. The number of aliphatic carboxylic acids is 1. The Kier molecular flexibility index (Phi) is 6.65. The minimum absolute atomic E-state index is 0.0329. The first kappa shape index (κ1) is 17.8. The molecule has 4 nitrogen and oxygen atoms in total. The highest BCUT2D eigenvalue weighted by atomic mass is 16.5. The maximum absolute atomic E-state index is 11.9. The van der Waals surface area contributed by atoms with Gasteiger partial charge in [0, 0.05) is 12.0 Å². The van der Waals surface area contributed by atoms with Crippen LogP contribution in [0.4, 0.5) is 0 Å². The Labute approximate surface area is 131 Å². The molecule has 0 spiro atoms. The number of rotatable bonds is 5. The van der Waals surface area contributed by atoms with Gasteiger partial charge in [0.15, 0.2) is 0 Å². The van der Waals surface area contributed by atoms with Gasteiger partial charge < -0.3 is 9.84 Å². The van der Waals surface area contributed by atoms with Crippen molar-refractivity contribution in [1.82, 2.24) is 0 Å². The minimum atomic E-state index is -0.859. The number of carboxylic acid groups (broad SMARTS) is 1. The Morgan fingerprint density at radius 3 is 2.36 bits per heavy atom. The van der Waals surface area contributed by atoms with Crippen molar-refractivity contribution in [1.29, 1.82) is 0 Å². The number of carboxylic acids is 1. The van der Waals surface area contributed by atoms with E-state index in [0.29, 0.717) is 18.6 Å². The van der Waals surface area contributed by atoms with Gasteiger partial charge in [0.2, 0.25) is 0 Å². The lowest BCUT2D eigenvalue weighted by molar-refractivity contribution is -0.136. The summed E-state index contributed by atoms with van der Waals surface area (Å²) in [5, 5.41) is 8.51. The molecule has 0 fully saturated rings. The summed E-state index contributed by atoms with van der Waals surface area (Å²) < 4.78 is 5.23. The van der Waals surface area contributed by atoms with Crippen molar-refractivity contribution >= 4 is 11.9 Å². The lowest BCUT2D eigenvalue weighted by Crippen LogP contribution is -2.13. The number of carbonyl (C=O) groups excluding carboxylic acids is 1. The molecule has 0 atom stereocenters. The molecule has 0 aliphatic carbocycles. The van der Waals surface area contributed by atoms with E-state index >= 15 is 0 Å². The smallest absolute Gasteiger partial charge is 0.338 e. The van der Waals surface area contributed by atoms with Crippen molar-refractivity contribution < 1.29 is 19.4 Å². The normalized spacial score (nSPS) is 10.5. The van der Waals surface area contributed by atoms with Gasteiger partial charge in [0.1, 0.15) is 0 Å². The van der Waals surface area contributed by atoms with E-state index in [2.05, 4.69) is 32.6 Å². The van der Waals surface area contributed by atoms with Crippen LogP contribution in [-0.2, 0) is 9.53 Å². The van der Waals surface area contributed by atoms with E-state index in [1.807, 2.05) is 0 Å². The third kappa shape index (κ3) is 7.49. The summed E-state index contributed by atoms with van der Waals surface area (Å²) in [6, 6.07) is 6.80. The van der Waals surface area contributed by atoms with E-state index in [4.69, 9.17) is 9.84 Å². The molecule has 4 heteroatoms. The maximum atomic E-state index is 11.9. The predicted octanol–water partition coefficient (Wildman–Crippen LogP) is 3.50. The Bertz CT molecular complexity index is 568. The third-order valence-electron chi connectivity index (χ3n) is 2.90. The minimum Gasteiger partial charge on any atom is -0.481 e. The van der Waals surface area contributed by atoms with Gasteiger partial charge in [-0.25, -0.2) is 4.79 Å². The zero-order chi connectivity index (χ0) is 16.6. The Balaban J connectivity index is 2.50. The summed E-state index contributed by atoms with van der Waals surface area (Å²) in [5.74, 6) is 4.45. The predicted molar refractivity (Wildman–Crippen MR) is 84.5 cm³/mol. The summed E-state index contributed by atoms with van der Waals surface area (Å²) >= 11 is 0. The fourth-order valence-corrected chi connectivity index (χ4v) is 1.56. The van der Waals surface area contributed by atoms with Crippen LogP contribution in [0.1, 0.15) is 56.0 Å². The lowest BCUT2D eigenvalue weighted by Gasteiger charge is -2.17. The number of hydrogen-bond acceptors (Lipinski definition) is 3. The van der Waals surface area contributed by atoms with Gasteiger partial charge in [0.25, 0.3) is 0 Å². The van der Waals surface area contributed by atoms with E-state index in [1.54, 1.807) is 24.3 Å². The molecule has 0 radical (unpaired) electrons. The molecule has 118 valence electrons. The highest BCUT2D eigenvalue weighted by Gasteiger charge is 2.12. The van der Waals surface area contributed by atoms with Crippen LogP contribution in [0.25, 0.3) is 0 Å². The van der Waals surface area contributed by atoms with Crippen LogP contribution in [0.15, 0.2) is 24.3 Å². The van der Waals surface area contributed by atoms with Crippen LogP contribution in [0.5, 0.6) is 0 Å². The van der Waals surface area contributed by atoms with Gasteiger partial charge >= 0.3 is 11.9 Å². The van der Waals surface area contributed by atoms with Crippen molar-refractivity contribution in [2.24, 2.45) is 5.41 Å². The average Bonchev–Trinajstić information content (AvgIpc) is 2.42. The molecule has 0 saturated heterocycles. The van der Waals surface area contributed by atoms with Crippen molar-refractivity contribution in [2.75, 3.05) is 6.61 Å². The van der Waals surface area contributed by atoms with Gasteiger partial charge in [-0.2, -0.15) is 0 Å². The molecule has 0 aliphatic heterocycles. The van der Waals surface area contributed by atoms with E-state index in [1.165, 1.54) is 0 Å². The average molecular weight is 302 g/mol. The highest BCUT2D eigenvalue weighted by molar-refractivity contribution is 5.89. The summed E-state index contributed by atoms with van der Waals surface area (Å²) in [7, 11) is 0. The first-order chi connectivity index (χ1) is 10.3. The van der Waals surface area contributed by atoms with Gasteiger partial charge in [-0.3, -0.25) is 4.79 Å². The molecule has 0 saturated carbocycles. The topological polar surface area (TPSA) is 63.6 Å². The molecule has 22 heavy (non-hydrogen) atoms. The lowest BCUT2D eigenvalue weighted by atomic mass is 9.93. The van der Waals surface area contributed by atoms with Crippen LogP contribution in [0.2, 0.25) is 0 Å². The second-order valence-electron chi connectivity index (χ2n) is 6.22. The monoisotopic (exact) mass is 302 g/mol. The number of benzene rings is 1. The summed E-state index contributed by atoms with van der Waals surface area (Å²) in [4.78, 5) is 22.2. The van der Waals surface area contributed by atoms with E-state index in [-0.39, 0.29) is 17.8 Å². The summed E-state index contributed by atoms with van der Waals surface area (Å²) in [6.07, 6.45) is 1.16. The number of esters is 1. The standard InChI is InChI=1S/C18H22O4/c1-18(2,3)12-13-22-17(21)15-10-8-14(9-11-15)6-4-5-7-16(19)20/h8-11H,5,7,12-13H2,1-3H3,(H,19,20). The zero-order valence-electron chi connectivity index (χ0n) is 13.3. The van der Waals surface area contributed by atoms with Crippen LogP contribution in [0.3, 0.4) is 0 Å². The van der Waals surface area contributed by atoms with Crippen LogP contribution in [-0.4, -0.2) is 23.7 Å². The fourth-order valence-electron chi connectivity index (χ4n) is 1.56. The first-order valence-electron chi connectivity index (χ1n) is 7.26. The van der Waals surface area contributed by atoms with Crippen LogP contribution < -0.4 is 0 Å². The Morgan fingerprint density at radius 1 is 1.18 bits per heavy atom. The van der Waals surface area contributed by atoms with Crippen molar-refractivity contribution in [3.63, 3.8) is 0 Å².